The van der Waals surface area contributed by atoms with Crippen molar-refractivity contribution >= 4 is 95.6 Å². The van der Waals surface area contributed by atoms with Gasteiger partial charge in [0.15, 0.2) is 11.6 Å². The first-order valence-electron chi connectivity index (χ1n) is 48.2. The van der Waals surface area contributed by atoms with Crippen LogP contribution in [-0.2, 0) is 63.4 Å². The van der Waals surface area contributed by atoms with Gasteiger partial charge in [-0.2, -0.15) is 0 Å². The minimum Gasteiger partial charge on any atom is -0.466 e. The Morgan fingerprint density at radius 1 is 0.423 bits per heavy atom. The fraction of sp³-hybridized carbons (Fsp3) is 0.735. The molecule has 8 aliphatic rings. The lowest BCUT2D eigenvalue weighted by atomic mass is 9.73. The second-order valence-corrected chi connectivity index (χ2v) is 46.2. The van der Waals surface area contributed by atoms with Gasteiger partial charge >= 0.3 is 54.6 Å². The maximum atomic E-state index is 12.8. The third-order valence-electron chi connectivity index (χ3n) is 24.8. The number of aliphatic hydroxyl groups is 2. The van der Waals surface area contributed by atoms with Crippen molar-refractivity contribution in [3.05, 3.63) is 87.7 Å². The van der Waals surface area contributed by atoms with E-state index in [1.165, 1.54) is 6.20 Å². The fourth-order valence-corrected chi connectivity index (χ4v) is 16.5. The van der Waals surface area contributed by atoms with Crippen molar-refractivity contribution in [2.24, 2.45) is 38.4 Å². The summed E-state index contributed by atoms with van der Waals surface area (Å²) in [4.78, 5) is 167. The highest BCUT2D eigenvalue weighted by Crippen LogP contribution is 2.47. The number of nitrogens with zero attached hydrogens (tertiary/aromatic N) is 10. The lowest BCUT2D eigenvalue weighted by Crippen LogP contribution is -2.47. The molecule has 2 N–H and O–H groups in total. The van der Waals surface area contributed by atoms with Gasteiger partial charge in [0, 0.05) is 174 Å². The number of hydrogen-bond acceptors (Lipinski definition) is 26. The van der Waals surface area contributed by atoms with Gasteiger partial charge in [-0.25, -0.2) is 33.6 Å². The quantitative estimate of drug-likeness (QED) is 0.0824. The number of aromatic nitrogens is 3. The molecule has 33 nitrogen and oxygen atoms in total. The van der Waals surface area contributed by atoms with Crippen LogP contribution in [0.3, 0.4) is 0 Å². The van der Waals surface area contributed by atoms with Crippen LogP contribution in [-0.4, -0.2) is 283 Å². The number of piperidine rings is 7. The number of hydrogen-bond donors (Lipinski definition) is 2. The van der Waals surface area contributed by atoms with Crippen molar-refractivity contribution < 1.29 is 110 Å². The second kappa shape index (κ2) is 49.8. The van der Waals surface area contributed by atoms with E-state index >= 15 is 0 Å². The lowest BCUT2D eigenvalue weighted by molar-refractivity contribution is -0.157. The Hall–Kier alpha value is -9.21. The van der Waals surface area contributed by atoms with E-state index in [9.17, 15) is 67.7 Å². The first-order chi connectivity index (χ1) is 63.1. The second-order valence-electron chi connectivity index (χ2n) is 45.3. The highest BCUT2D eigenvalue weighted by molar-refractivity contribution is 6.34. The molecule has 772 valence electrons. The number of carbonyl (C=O) groups excluding carboxylic acids is 12. The van der Waals surface area contributed by atoms with E-state index in [1.54, 1.807) is 91.3 Å². The summed E-state index contributed by atoms with van der Waals surface area (Å²) < 4.78 is 47.5. The molecule has 0 radical (unpaired) electrons. The molecule has 0 bridgehead atoms. The molecule has 1 atom stereocenters. The van der Waals surface area contributed by atoms with Crippen molar-refractivity contribution in [2.75, 3.05) is 111 Å². The van der Waals surface area contributed by atoms with E-state index in [0.717, 1.165) is 49.5 Å². The summed E-state index contributed by atoms with van der Waals surface area (Å²) in [6.07, 6.45) is 18.3. The van der Waals surface area contributed by atoms with Crippen molar-refractivity contribution in [1.29, 1.82) is 0 Å². The van der Waals surface area contributed by atoms with Crippen LogP contribution >= 0.6 is 23.2 Å². The molecular weight excluding hydrogens is 1800 g/mol. The normalized spacial score (nSPS) is 19.2. The zero-order chi connectivity index (χ0) is 104. The van der Waals surface area contributed by atoms with Gasteiger partial charge in [0.2, 0.25) is 0 Å². The molecule has 7 aliphatic heterocycles. The number of Topliss-reactive ketones (excluding diaryl/α,β-unsaturated/α-hetero) is 2. The van der Waals surface area contributed by atoms with Gasteiger partial charge < -0.3 is 91.9 Å². The van der Waals surface area contributed by atoms with Crippen molar-refractivity contribution in [1.82, 2.24) is 49.3 Å². The number of likely N-dealkylation sites (tertiary alicyclic amines) is 7. The summed E-state index contributed by atoms with van der Waals surface area (Å²) >= 11 is 12.2. The topological polar surface area (TPSA) is 390 Å². The molecule has 7 saturated heterocycles. The summed E-state index contributed by atoms with van der Waals surface area (Å²) in [7, 11) is 0. The van der Waals surface area contributed by atoms with E-state index in [4.69, 9.17) is 65.8 Å². The Balaban J connectivity index is 0.000000284. The smallest absolute Gasteiger partial charge is 0.410 e. The number of ether oxygens (including phenoxy) is 9. The SMILES string of the molecule is CC(C)(C)OC(=O)N1CCC(C)(C(=O)c2ccncc2Cl)CC1.CC(C)(C)OC(=O)N1CCC(C)(C(O)c2ccncc2Cl)CC1.CC(C)(C)OC(=O)N1CCC2(CC1)Cc1cnccc1C2=O.CC1(C=O)CCN(C(=O)OC(C)(C)C)CC1.CC1(CO)CCN(C(=O)OC(C)(C)C)CC1.CCOC(=O)C1(C)CCN(C(=O)OC(C)(C)C)CC1.CCOC(=O)C1CCN(C(=O)OC(C)(C)C)CC1. The minimum absolute atomic E-state index is 0.00809. The number of carbonyl (C=O) groups is 12. The molecule has 3 aromatic heterocycles. The summed E-state index contributed by atoms with van der Waals surface area (Å²) in [5.41, 5.74) is -2.30. The lowest BCUT2D eigenvalue weighted by Gasteiger charge is -2.42. The van der Waals surface area contributed by atoms with E-state index in [-0.39, 0.29) is 100 Å². The van der Waals surface area contributed by atoms with Crippen LogP contribution < -0.4 is 0 Å². The van der Waals surface area contributed by atoms with Gasteiger partial charge in [0.05, 0.1) is 40.7 Å². The van der Waals surface area contributed by atoms with E-state index < -0.39 is 56.1 Å². The number of amides is 7. The number of aldehydes is 1. The van der Waals surface area contributed by atoms with Gasteiger partial charge in [0.25, 0.3) is 0 Å². The first kappa shape index (κ1) is 118. The molecule has 11 rings (SSSR count). The Bertz CT molecular complexity index is 4480. The standard InChI is InChI=1S/C17H25ClN2O3.C17H23ClN2O3.C17H22N2O3.C14H25NO4.C13H23NO4.C12H23NO3.C12H21NO3/c2*1-16(2,3)23-15(22)20-9-6-17(4,7-10-20)14(21)12-5-8-19-11-13(12)18;1-16(2,3)22-15(21)19-8-5-17(6-9-19)10-12-11-18-7-4-13(12)14(17)20;1-6-18-11(16)14(5)7-9-15(10-8-14)12(17)19-13(2,3)4;1-5-17-11(15)10-6-8-14(9-7-10)12(16)18-13(2,3)4;2*1-11(2,3)16-10(15)13-7-5-12(4,9-14)6-8-13/h5,8,11,14,21H,6-7,9-10H2,1-4H3;5,8,11H,6-7,9-10H2,1-4H3;4,7,11H,5-6,8-10H2,1-3H3;6-10H2,1-5H3;10H,5-9H2,1-4H3;14H,5-9H2,1-4H3;9H,5-8H2,1-4H3. The predicted molar refractivity (Wildman–Crippen MR) is 522 cm³/mol. The minimum atomic E-state index is -0.682. The summed E-state index contributed by atoms with van der Waals surface area (Å²) in [5, 5.41) is 20.8. The van der Waals surface area contributed by atoms with E-state index in [2.05, 4.69) is 21.9 Å². The largest absolute Gasteiger partial charge is 0.466 e. The fourth-order valence-electron chi connectivity index (χ4n) is 16.0. The number of fused-ring (bicyclic) bond motifs is 1. The van der Waals surface area contributed by atoms with Gasteiger partial charge in [-0.1, -0.05) is 50.9 Å². The van der Waals surface area contributed by atoms with Gasteiger partial charge in [-0.3, -0.25) is 34.1 Å². The zero-order valence-corrected chi connectivity index (χ0v) is 88.8. The highest BCUT2D eigenvalue weighted by Gasteiger charge is 2.50. The van der Waals surface area contributed by atoms with Gasteiger partial charge in [-0.05, 0) is 292 Å². The molecular formula is C102H162Cl2N10O23. The van der Waals surface area contributed by atoms with Crippen LogP contribution in [0.5, 0.6) is 0 Å². The molecule has 3 aromatic rings. The number of halogens is 2. The van der Waals surface area contributed by atoms with E-state index in [0.29, 0.717) is 190 Å². The molecule has 0 aromatic carbocycles. The van der Waals surface area contributed by atoms with Crippen molar-refractivity contribution in [3.63, 3.8) is 0 Å². The predicted octanol–water partition coefficient (Wildman–Crippen LogP) is 19.6. The molecule has 7 fully saturated rings. The zero-order valence-electron chi connectivity index (χ0n) is 87.3. The van der Waals surface area contributed by atoms with Crippen LogP contribution in [0.4, 0.5) is 33.6 Å². The van der Waals surface area contributed by atoms with Crippen LogP contribution in [0, 0.1) is 38.4 Å². The highest BCUT2D eigenvalue weighted by atomic mass is 35.5. The molecule has 7 amide bonds. The molecule has 0 saturated carbocycles. The van der Waals surface area contributed by atoms with Crippen molar-refractivity contribution in [3.8, 4) is 0 Å². The molecule has 1 aliphatic carbocycles. The van der Waals surface area contributed by atoms with E-state index in [1.807, 2.05) is 179 Å². The molecule has 1 unspecified atom stereocenters. The van der Waals surface area contributed by atoms with Crippen LogP contribution in [0.2, 0.25) is 10.0 Å². The Kier molecular flexibility index (Phi) is 43.0. The first-order valence-corrected chi connectivity index (χ1v) is 49.0. The van der Waals surface area contributed by atoms with Gasteiger partial charge in [-0.15, -0.1) is 0 Å². The Labute approximate surface area is 823 Å². The summed E-state index contributed by atoms with van der Waals surface area (Å²) in [6, 6.07) is 5.21. The van der Waals surface area contributed by atoms with Gasteiger partial charge in [0.1, 0.15) is 45.5 Å². The Morgan fingerprint density at radius 3 is 1.07 bits per heavy atom. The third kappa shape index (κ3) is 38.7. The average Bonchev–Trinajstić information content (AvgIpc) is 1.56. The Morgan fingerprint density at radius 2 is 0.737 bits per heavy atom. The molecule has 137 heavy (non-hydrogen) atoms. The van der Waals surface area contributed by atoms with Crippen LogP contribution in [0.15, 0.2) is 55.4 Å². The maximum absolute atomic E-state index is 12.8. The number of pyridine rings is 3. The summed E-state index contributed by atoms with van der Waals surface area (Å²) in [6.45, 7) is 61.3. The summed E-state index contributed by atoms with van der Waals surface area (Å²) in [5.74, 6) is -0.175. The van der Waals surface area contributed by atoms with Crippen LogP contribution in [0.1, 0.15) is 322 Å². The molecule has 1 spiro atoms. The number of aliphatic hydroxyl groups excluding tert-OH is 2. The monoisotopic (exact) mass is 1970 g/mol. The van der Waals surface area contributed by atoms with Crippen LogP contribution in [0.25, 0.3) is 0 Å². The molecule has 35 heteroatoms. The van der Waals surface area contributed by atoms with Crippen molar-refractivity contribution in [2.45, 2.75) is 335 Å². The number of rotatable bonds is 10. The third-order valence-corrected chi connectivity index (χ3v) is 25.4. The number of ketones is 2. The molecule has 10 heterocycles. The maximum Gasteiger partial charge on any atom is 0.410 e. The number of esters is 2. The average molecular weight is 1970 g/mol.